The normalized spacial score (nSPS) is 13.3. The quantitative estimate of drug-likeness (QED) is 0.144. The SMILES string of the molecule is O=C(CSc1nc2sc3c(c2c(=O)n1-c1ccccc1)CCCC3)Nc1ncc(Cc2cc(Cl)ccc2C(F)(F)F)s1. The number of nitrogens with one attached hydrogen (secondary N) is 1. The second kappa shape index (κ2) is 11.8. The number of hydrogen-bond donors (Lipinski definition) is 1. The third kappa shape index (κ3) is 5.98. The van der Waals surface area contributed by atoms with E-state index < -0.39 is 11.7 Å². The first kappa shape index (κ1) is 28.9. The maximum absolute atomic E-state index is 13.8. The average molecular weight is 647 g/mol. The van der Waals surface area contributed by atoms with Gasteiger partial charge < -0.3 is 5.32 Å². The second-order valence-electron chi connectivity index (χ2n) is 9.71. The van der Waals surface area contributed by atoms with Gasteiger partial charge in [0.2, 0.25) is 5.91 Å². The van der Waals surface area contributed by atoms with E-state index in [0.717, 1.165) is 60.4 Å². The number of thioether (sulfide) groups is 1. The Labute approximate surface area is 255 Å². The van der Waals surface area contributed by atoms with E-state index in [2.05, 4.69) is 10.3 Å². The van der Waals surface area contributed by atoms with Crippen molar-refractivity contribution >= 4 is 67.3 Å². The first-order valence-electron chi connectivity index (χ1n) is 13.0. The van der Waals surface area contributed by atoms with Crippen LogP contribution in [0.2, 0.25) is 5.02 Å². The Morgan fingerprint density at radius 3 is 2.67 bits per heavy atom. The van der Waals surface area contributed by atoms with Gasteiger partial charge in [-0.05, 0) is 67.1 Å². The van der Waals surface area contributed by atoms with Gasteiger partial charge in [0.05, 0.1) is 22.4 Å². The molecule has 13 heteroatoms. The molecule has 0 fully saturated rings. The number of benzene rings is 2. The van der Waals surface area contributed by atoms with E-state index in [4.69, 9.17) is 16.6 Å². The first-order chi connectivity index (χ1) is 20.2. The highest BCUT2D eigenvalue weighted by Gasteiger charge is 2.33. The van der Waals surface area contributed by atoms with Crippen LogP contribution >= 0.6 is 46.0 Å². The van der Waals surface area contributed by atoms with Crippen LogP contribution in [-0.4, -0.2) is 26.2 Å². The van der Waals surface area contributed by atoms with Gasteiger partial charge in [-0.2, -0.15) is 13.2 Å². The van der Waals surface area contributed by atoms with Crippen LogP contribution < -0.4 is 10.9 Å². The molecule has 0 radical (unpaired) electrons. The van der Waals surface area contributed by atoms with Crippen LogP contribution in [0.25, 0.3) is 15.9 Å². The topological polar surface area (TPSA) is 76.9 Å². The summed E-state index contributed by atoms with van der Waals surface area (Å²) in [5.74, 6) is -0.420. The third-order valence-electron chi connectivity index (χ3n) is 6.84. The number of aromatic nitrogens is 3. The maximum atomic E-state index is 13.8. The fourth-order valence-electron chi connectivity index (χ4n) is 4.99. The Morgan fingerprint density at radius 1 is 1.10 bits per heavy atom. The number of anilines is 1. The van der Waals surface area contributed by atoms with E-state index in [1.807, 2.05) is 30.3 Å². The molecule has 1 aliphatic carbocycles. The summed E-state index contributed by atoms with van der Waals surface area (Å²) in [4.78, 5) is 38.1. The lowest BCUT2D eigenvalue weighted by Gasteiger charge is -2.13. The molecular weight excluding hydrogens is 625 g/mol. The van der Waals surface area contributed by atoms with Crippen LogP contribution in [0.15, 0.2) is 64.7 Å². The summed E-state index contributed by atoms with van der Waals surface area (Å²) in [6.07, 6.45) is 0.832. The zero-order chi connectivity index (χ0) is 29.4. The minimum absolute atomic E-state index is 0.0303. The molecule has 6 rings (SSSR count). The number of rotatable bonds is 7. The highest BCUT2D eigenvalue weighted by molar-refractivity contribution is 7.99. The minimum Gasteiger partial charge on any atom is -0.301 e. The van der Waals surface area contributed by atoms with Gasteiger partial charge in [-0.25, -0.2) is 9.97 Å². The van der Waals surface area contributed by atoms with E-state index in [9.17, 15) is 22.8 Å². The largest absolute Gasteiger partial charge is 0.416 e. The molecule has 5 aromatic rings. The molecule has 42 heavy (non-hydrogen) atoms. The van der Waals surface area contributed by atoms with Crippen molar-refractivity contribution in [2.24, 2.45) is 0 Å². The number of carbonyl (C=O) groups excluding carboxylic acids is 1. The molecule has 1 amide bonds. The molecule has 2 aromatic carbocycles. The van der Waals surface area contributed by atoms with Gasteiger partial charge in [-0.3, -0.25) is 14.2 Å². The van der Waals surface area contributed by atoms with Crippen molar-refractivity contribution in [3.8, 4) is 5.69 Å². The number of fused-ring (bicyclic) bond motifs is 3. The van der Waals surface area contributed by atoms with Crippen LogP contribution in [0.4, 0.5) is 18.3 Å². The number of nitrogens with zero attached hydrogens (tertiary/aromatic N) is 3. The van der Waals surface area contributed by atoms with Crippen molar-refractivity contribution in [2.75, 3.05) is 11.1 Å². The Hall–Kier alpha value is -3.19. The van der Waals surface area contributed by atoms with Crippen LogP contribution in [0.3, 0.4) is 0 Å². The monoisotopic (exact) mass is 646 g/mol. The summed E-state index contributed by atoms with van der Waals surface area (Å²) in [5, 5.41) is 4.26. The average Bonchev–Trinajstić information content (AvgIpc) is 3.55. The molecule has 0 saturated carbocycles. The van der Waals surface area contributed by atoms with E-state index in [-0.39, 0.29) is 39.4 Å². The Bertz CT molecular complexity index is 1850. The van der Waals surface area contributed by atoms with E-state index in [1.165, 1.54) is 23.2 Å². The van der Waals surface area contributed by atoms with Crippen molar-refractivity contribution in [2.45, 2.75) is 43.4 Å². The fourth-order valence-corrected chi connectivity index (χ4v) is 8.15. The first-order valence-corrected chi connectivity index (χ1v) is 16.0. The summed E-state index contributed by atoms with van der Waals surface area (Å²) in [7, 11) is 0. The predicted molar refractivity (Wildman–Crippen MR) is 163 cm³/mol. The van der Waals surface area contributed by atoms with Crippen LogP contribution in [0.1, 0.15) is 39.3 Å². The lowest BCUT2D eigenvalue weighted by molar-refractivity contribution is -0.138. The van der Waals surface area contributed by atoms with Crippen molar-refractivity contribution in [1.82, 2.24) is 14.5 Å². The number of para-hydroxylation sites is 1. The molecule has 0 saturated heterocycles. The predicted octanol–water partition coefficient (Wildman–Crippen LogP) is 7.78. The summed E-state index contributed by atoms with van der Waals surface area (Å²) in [6.45, 7) is 0. The molecule has 3 aromatic heterocycles. The van der Waals surface area contributed by atoms with Crippen molar-refractivity contribution in [1.29, 1.82) is 0 Å². The molecule has 3 heterocycles. The molecule has 1 aliphatic rings. The second-order valence-corrected chi connectivity index (χ2v) is 13.3. The number of thiazole rings is 1. The van der Waals surface area contributed by atoms with Crippen LogP contribution in [0, 0.1) is 0 Å². The van der Waals surface area contributed by atoms with Gasteiger partial charge in [0.15, 0.2) is 10.3 Å². The molecule has 0 aliphatic heterocycles. The lowest BCUT2D eigenvalue weighted by Crippen LogP contribution is -2.23. The molecule has 0 bridgehead atoms. The van der Waals surface area contributed by atoms with Crippen molar-refractivity contribution in [3.63, 3.8) is 0 Å². The molecule has 0 spiro atoms. The lowest BCUT2D eigenvalue weighted by atomic mass is 9.97. The summed E-state index contributed by atoms with van der Waals surface area (Å²) in [6, 6.07) is 12.7. The summed E-state index contributed by atoms with van der Waals surface area (Å²) >= 11 is 9.73. The molecule has 6 nitrogen and oxygen atoms in total. The van der Waals surface area contributed by atoms with Crippen molar-refractivity contribution < 1.29 is 18.0 Å². The Kier molecular flexibility index (Phi) is 8.14. The zero-order valence-corrected chi connectivity index (χ0v) is 25.0. The van der Waals surface area contributed by atoms with Crippen molar-refractivity contribution in [3.05, 3.63) is 96.5 Å². The van der Waals surface area contributed by atoms with Gasteiger partial charge in [0, 0.05) is 27.4 Å². The van der Waals surface area contributed by atoms with Gasteiger partial charge in [-0.15, -0.1) is 22.7 Å². The number of amides is 1. The van der Waals surface area contributed by atoms with Crippen LogP contribution in [-0.2, 0) is 30.2 Å². The van der Waals surface area contributed by atoms with Crippen LogP contribution in [0.5, 0.6) is 0 Å². The minimum atomic E-state index is -4.51. The number of halogens is 4. The molecular formula is C29H22ClF3N4O2S3. The zero-order valence-electron chi connectivity index (χ0n) is 21.8. The number of hydrogen-bond acceptors (Lipinski definition) is 7. The van der Waals surface area contributed by atoms with Gasteiger partial charge in [-0.1, -0.05) is 41.6 Å². The highest BCUT2D eigenvalue weighted by Crippen LogP contribution is 2.37. The maximum Gasteiger partial charge on any atom is 0.416 e. The number of alkyl halides is 3. The Morgan fingerprint density at radius 2 is 1.88 bits per heavy atom. The van der Waals surface area contributed by atoms with E-state index in [1.54, 1.807) is 15.9 Å². The summed E-state index contributed by atoms with van der Waals surface area (Å²) < 4.78 is 41.9. The Balaban J connectivity index is 1.21. The number of carbonyl (C=O) groups is 1. The smallest absolute Gasteiger partial charge is 0.301 e. The molecule has 216 valence electrons. The van der Waals surface area contributed by atoms with Gasteiger partial charge >= 0.3 is 6.18 Å². The number of thiophene rings is 1. The standard InChI is InChI=1S/C29H22ClF3N4O2S3/c30-17-10-11-21(29(31,32)33)16(12-17)13-19-14-34-27(41-19)35-23(38)15-40-28-36-25-24(20-8-4-5-9-22(20)42-25)26(39)37(28)18-6-2-1-3-7-18/h1-3,6-7,10-12,14H,4-5,8-9,13,15H2,(H,34,35,38). The fraction of sp³-hybridized carbons (Fsp3) is 0.241. The molecule has 0 atom stereocenters. The number of aryl methyl sites for hydroxylation is 2. The third-order valence-corrected chi connectivity index (χ3v) is 10.1. The van der Waals surface area contributed by atoms with Gasteiger partial charge in [0.1, 0.15) is 4.83 Å². The van der Waals surface area contributed by atoms with Gasteiger partial charge in [0.25, 0.3) is 5.56 Å². The van der Waals surface area contributed by atoms with E-state index in [0.29, 0.717) is 25.9 Å². The molecule has 0 unspecified atom stereocenters. The molecule has 1 N–H and O–H groups in total. The summed E-state index contributed by atoms with van der Waals surface area (Å²) in [5.41, 5.74) is 0.889. The van der Waals surface area contributed by atoms with E-state index >= 15 is 0 Å². The highest BCUT2D eigenvalue weighted by atomic mass is 35.5.